The number of benzene rings is 1. The van der Waals surface area contributed by atoms with Gasteiger partial charge in [0.15, 0.2) is 11.6 Å². The second kappa shape index (κ2) is 6.77. The van der Waals surface area contributed by atoms with Crippen LogP contribution in [-0.4, -0.2) is 34.1 Å². The molecule has 1 aliphatic rings. The van der Waals surface area contributed by atoms with E-state index in [0.29, 0.717) is 5.69 Å². The molecule has 0 radical (unpaired) electrons. The number of fused-ring (bicyclic) bond motifs is 1. The van der Waals surface area contributed by atoms with Gasteiger partial charge in [-0.15, -0.1) is 0 Å². The second-order valence-electron chi connectivity index (χ2n) is 6.15. The van der Waals surface area contributed by atoms with E-state index in [0.717, 1.165) is 28.7 Å². The Balaban J connectivity index is 1.64. The molecule has 0 saturated heterocycles. The molecule has 2 aromatic heterocycles. The molecule has 1 amide bonds. The fraction of sp³-hybridized carbons (Fsp3) is 0.125. The lowest BCUT2D eigenvalue weighted by Crippen LogP contribution is -2.26. The third-order valence-corrected chi connectivity index (χ3v) is 5.91. The van der Waals surface area contributed by atoms with Crippen LogP contribution in [0.25, 0.3) is 0 Å². The van der Waals surface area contributed by atoms with Gasteiger partial charge >= 0.3 is 0 Å². The highest BCUT2D eigenvalue weighted by Crippen LogP contribution is 2.35. The first-order valence-corrected chi connectivity index (χ1v) is 9.59. The van der Waals surface area contributed by atoms with Gasteiger partial charge in [0, 0.05) is 6.20 Å². The van der Waals surface area contributed by atoms with Crippen molar-refractivity contribution in [2.24, 2.45) is 5.73 Å². The Bertz CT molecular complexity index is 1230. The Morgan fingerprint density at radius 3 is 2.83 bits per heavy atom. The summed E-state index contributed by atoms with van der Waals surface area (Å²) in [5, 5.41) is 6.65. The first-order valence-electron chi connectivity index (χ1n) is 8.15. The van der Waals surface area contributed by atoms with E-state index in [-0.39, 0.29) is 29.5 Å². The minimum absolute atomic E-state index is 0.0997. The maximum absolute atomic E-state index is 14.4. The number of amides is 1. The number of anilines is 3. The molecule has 10 nitrogen and oxygen atoms in total. The Morgan fingerprint density at radius 1 is 1.28 bits per heavy atom. The number of hydrogen-bond donors (Lipinski definition) is 2. The zero-order valence-corrected chi connectivity index (χ0v) is 15.4. The number of sulfonamides is 1. The molecule has 3 N–H and O–H groups in total. The summed E-state index contributed by atoms with van der Waals surface area (Å²) in [6.45, 7) is -0.405. The van der Waals surface area contributed by atoms with E-state index in [1.54, 1.807) is 0 Å². The van der Waals surface area contributed by atoms with Gasteiger partial charge in [0.2, 0.25) is 11.9 Å². The summed E-state index contributed by atoms with van der Waals surface area (Å²) in [7, 11) is -4.10. The lowest BCUT2D eigenvalue weighted by atomic mass is 10.2. The van der Waals surface area contributed by atoms with Crippen molar-refractivity contribution in [3.63, 3.8) is 0 Å². The molecule has 3 aromatic rings. The van der Waals surface area contributed by atoms with Gasteiger partial charge in [-0.3, -0.25) is 9.48 Å². The number of nitrogens with zero attached hydrogens (tertiary/aromatic N) is 5. The number of hydrogen-bond acceptors (Lipinski definition) is 7. The quantitative estimate of drug-likeness (QED) is 0.624. The lowest BCUT2D eigenvalue weighted by molar-refractivity contribution is -0.118. The highest BCUT2D eigenvalue weighted by atomic mass is 32.2. The lowest BCUT2D eigenvalue weighted by Gasteiger charge is -2.17. The highest BCUT2D eigenvalue weighted by Gasteiger charge is 2.37. The van der Waals surface area contributed by atoms with Gasteiger partial charge in [0.05, 0.1) is 29.5 Å². The summed E-state index contributed by atoms with van der Waals surface area (Å²) in [6.07, 6.45) is 3.63. The van der Waals surface area contributed by atoms with Crippen LogP contribution in [0.5, 0.6) is 0 Å². The first-order chi connectivity index (χ1) is 13.7. The predicted octanol–water partition coefficient (Wildman–Crippen LogP) is 0.889. The molecule has 0 unspecified atom stereocenters. The third kappa shape index (κ3) is 3.47. The number of halogens is 2. The summed E-state index contributed by atoms with van der Waals surface area (Å²) in [6, 6.07) is 3.23. The molecule has 4 rings (SSSR count). The summed E-state index contributed by atoms with van der Waals surface area (Å²) in [5.41, 5.74) is 5.66. The molecule has 29 heavy (non-hydrogen) atoms. The molecule has 0 atom stereocenters. The van der Waals surface area contributed by atoms with Gasteiger partial charge in [0.1, 0.15) is 12.4 Å². The van der Waals surface area contributed by atoms with Crippen LogP contribution >= 0.6 is 0 Å². The number of nitrogens with one attached hydrogen (secondary N) is 1. The van der Waals surface area contributed by atoms with Crippen molar-refractivity contribution >= 4 is 33.4 Å². The molecule has 1 aliphatic heterocycles. The monoisotopic (exact) mass is 421 g/mol. The molecule has 13 heteroatoms. The predicted molar refractivity (Wildman–Crippen MR) is 96.5 cm³/mol. The van der Waals surface area contributed by atoms with Crippen LogP contribution in [0.15, 0.2) is 41.7 Å². The van der Waals surface area contributed by atoms with Crippen LogP contribution in [0, 0.1) is 11.6 Å². The van der Waals surface area contributed by atoms with Crippen molar-refractivity contribution in [2.75, 3.05) is 9.62 Å². The van der Waals surface area contributed by atoms with Gasteiger partial charge < -0.3 is 11.1 Å². The van der Waals surface area contributed by atoms with Crippen LogP contribution in [0.2, 0.25) is 0 Å². The maximum atomic E-state index is 14.4. The van der Waals surface area contributed by atoms with Crippen LogP contribution in [0.1, 0.15) is 5.56 Å². The van der Waals surface area contributed by atoms with Crippen molar-refractivity contribution in [2.45, 2.75) is 18.0 Å². The van der Waals surface area contributed by atoms with E-state index >= 15 is 0 Å². The van der Waals surface area contributed by atoms with Crippen LogP contribution in [0.4, 0.5) is 26.2 Å². The Kier molecular flexibility index (Phi) is 4.38. The molecule has 0 aliphatic carbocycles. The van der Waals surface area contributed by atoms with Gasteiger partial charge in [-0.05, 0) is 23.8 Å². The number of nitrogens with two attached hydrogens (primary N) is 1. The van der Waals surface area contributed by atoms with Crippen molar-refractivity contribution in [3.05, 3.63) is 54.0 Å². The number of aromatic nitrogens is 4. The summed E-state index contributed by atoms with van der Waals surface area (Å²) < 4.78 is 55.3. The minimum atomic E-state index is -4.10. The molecule has 3 heterocycles. The fourth-order valence-electron chi connectivity index (χ4n) is 2.87. The highest BCUT2D eigenvalue weighted by molar-refractivity contribution is 7.93. The molecule has 0 saturated carbocycles. The fourth-order valence-corrected chi connectivity index (χ4v) is 4.46. The Morgan fingerprint density at radius 2 is 2.07 bits per heavy atom. The van der Waals surface area contributed by atoms with Crippen molar-refractivity contribution in [1.29, 1.82) is 0 Å². The van der Waals surface area contributed by atoms with Crippen molar-refractivity contribution in [3.8, 4) is 0 Å². The number of rotatable bonds is 5. The molecule has 0 spiro atoms. The first kappa shape index (κ1) is 18.7. The number of primary amides is 1. The van der Waals surface area contributed by atoms with E-state index in [4.69, 9.17) is 5.73 Å². The van der Waals surface area contributed by atoms with Gasteiger partial charge in [-0.1, -0.05) is 0 Å². The summed E-state index contributed by atoms with van der Waals surface area (Å²) in [5.74, 6) is -2.73. The average Bonchev–Trinajstić information content (AvgIpc) is 3.17. The molecular weight excluding hydrogens is 408 g/mol. The van der Waals surface area contributed by atoms with Gasteiger partial charge in [-0.25, -0.2) is 26.5 Å². The second-order valence-corrected chi connectivity index (χ2v) is 7.98. The zero-order chi connectivity index (χ0) is 20.8. The van der Waals surface area contributed by atoms with Crippen LogP contribution in [-0.2, 0) is 27.9 Å². The SMILES string of the molecule is NC(=O)Cn1cc(Nc2ncc(F)c(N3Cc4cc(F)ccc4S3(=O)=O)n2)cn1. The third-order valence-electron chi connectivity index (χ3n) is 4.07. The minimum Gasteiger partial charge on any atom is -0.368 e. The molecule has 0 fully saturated rings. The van der Waals surface area contributed by atoms with Crippen molar-refractivity contribution in [1.82, 2.24) is 19.7 Å². The van der Waals surface area contributed by atoms with Gasteiger partial charge in [-0.2, -0.15) is 10.1 Å². The molecular formula is C16H13F2N7O3S. The van der Waals surface area contributed by atoms with E-state index in [9.17, 15) is 22.0 Å². The Labute approximate surface area is 163 Å². The van der Waals surface area contributed by atoms with E-state index in [1.807, 2.05) is 0 Å². The van der Waals surface area contributed by atoms with Crippen LogP contribution in [0.3, 0.4) is 0 Å². The zero-order valence-electron chi connectivity index (χ0n) is 14.6. The Hall–Kier alpha value is -3.61. The largest absolute Gasteiger partial charge is 0.368 e. The average molecular weight is 421 g/mol. The smallest absolute Gasteiger partial charge is 0.266 e. The van der Waals surface area contributed by atoms with Gasteiger partial charge in [0.25, 0.3) is 10.0 Å². The summed E-state index contributed by atoms with van der Waals surface area (Å²) >= 11 is 0. The molecule has 0 bridgehead atoms. The number of carbonyl (C=O) groups is 1. The molecule has 150 valence electrons. The maximum Gasteiger partial charge on any atom is 0.266 e. The van der Waals surface area contributed by atoms with E-state index in [2.05, 4.69) is 20.4 Å². The van der Waals surface area contributed by atoms with E-state index < -0.39 is 33.4 Å². The van der Waals surface area contributed by atoms with Crippen LogP contribution < -0.4 is 15.4 Å². The number of carbonyl (C=O) groups excluding carboxylic acids is 1. The molecule has 1 aromatic carbocycles. The summed E-state index contributed by atoms with van der Waals surface area (Å²) in [4.78, 5) is 18.5. The van der Waals surface area contributed by atoms with E-state index in [1.165, 1.54) is 17.1 Å². The van der Waals surface area contributed by atoms with Crippen molar-refractivity contribution < 1.29 is 22.0 Å². The normalized spacial score (nSPS) is 14.6. The standard InChI is InChI=1S/C16H13F2N7O3S/c17-10-1-2-13-9(3-10)6-25(29(13,27)28)15-12(18)5-20-16(23-15)22-11-4-21-24(7-11)8-14(19)26/h1-5,7H,6,8H2,(H2,19,26)(H,20,22,23). The topological polar surface area (TPSA) is 136 Å².